The van der Waals surface area contributed by atoms with E-state index in [4.69, 9.17) is 0 Å². The molecule has 1 heterocycles. The van der Waals surface area contributed by atoms with Gasteiger partial charge in [0, 0.05) is 32.5 Å². The lowest BCUT2D eigenvalue weighted by Gasteiger charge is -2.39. The topological polar surface area (TPSA) is 86.7 Å². The van der Waals surface area contributed by atoms with Gasteiger partial charge in [-0.2, -0.15) is 0 Å². The third kappa shape index (κ3) is 4.84. The van der Waals surface area contributed by atoms with Crippen LogP contribution in [0, 0.1) is 0 Å². The number of aliphatic carboxylic acids is 1. The fourth-order valence-electron chi connectivity index (χ4n) is 3.43. The second-order valence-corrected chi connectivity index (χ2v) is 6.84. The largest absolute Gasteiger partial charge is 0.481 e. The zero-order valence-corrected chi connectivity index (χ0v) is 15.4. The molecule has 0 radical (unpaired) electrons. The minimum Gasteiger partial charge on any atom is -0.481 e. The van der Waals surface area contributed by atoms with E-state index in [9.17, 15) is 19.5 Å². The Balaban J connectivity index is 1.85. The first-order chi connectivity index (χ1) is 12.5. The monoisotopic (exact) mass is 360 g/mol. The third-order valence-electron chi connectivity index (χ3n) is 5.07. The summed E-state index contributed by atoms with van der Waals surface area (Å²) in [5.41, 5.74) is -0.120. The van der Waals surface area contributed by atoms with Crippen LogP contribution in [0.5, 0.6) is 0 Å². The van der Waals surface area contributed by atoms with Gasteiger partial charge >= 0.3 is 5.97 Å². The summed E-state index contributed by atoms with van der Waals surface area (Å²) in [5.74, 6) is -0.851. The molecule has 1 saturated heterocycles. The maximum absolute atomic E-state index is 12.4. The molecule has 0 aromatic heterocycles. The molecule has 1 aromatic rings. The molecule has 0 unspecified atom stereocenters. The summed E-state index contributed by atoms with van der Waals surface area (Å²) in [5, 5.41) is 12.6. The first-order valence-electron chi connectivity index (χ1n) is 9.33. The average Bonchev–Trinajstić information content (AvgIpc) is 2.66. The number of carbonyl (C=O) groups is 3. The van der Waals surface area contributed by atoms with Gasteiger partial charge in [-0.05, 0) is 31.2 Å². The normalized spacial score (nSPS) is 16.1. The molecule has 2 rings (SSSR count). The highest BCUT2D eigenvalue weighted by Gasteiger charge is 2.43. The first kappa shape index (κ1) is 19.9. The Morgan fingerprint density at radius 2 is 1.77 bits per heavy atom. The molecule has 0 aliphatic carbocycles. The van der Waals surface area contributed by atoms with E-state index < -0.39 is 11.4 Å². The van der Waals surface area contributed by atoms with E-state index in [0.29, 0.717) is 51.7 Å². The van der Waals surface area contributed by atoms with Crippen LogP contribution >= 0.6 is 0 Å². The van der Waals surface area contributed by atoms with E-state index in [1.54, 1.807) is 4.90 Å². The van der Waals surface area contributed by atoms with E-state index in [1.165, 1.54) is 0 Å². The van der Waals surface area contributed by atoms with Crippen LogP contribution in [0.1, 0.15) is 51.0 Å². The highest BCUT2D eigenvalue weighted by Crippen LogP contribution is 2.36. The Labute approximate surface area is 154 Å². The molecule has 2 amide bonds. The van der Waals surface area contributed by atoms with Crippen molar-refractivity contribution < 1.29 is 19.5 Å². The predicted molar refractivity (Wildman–Crippen MR) is 98.7 cm³/mol. The second kappa shape index (κ2) is 9.36. The van der Waals surface area contributed by atoms with E-state index >= 15 is 0 Å². The average molecular weight is 360 g/mol. The minimum absolute atomic E-state index is 0.000317. The maximum atomic E-state index is 12.4. The van der Waals surface area contributed by atoms with E-state index in [1.807, 2.05) is 37.3 Å². The Bertz CT molecular complexity index is 622. The van der Waals surface area contributed by atoms with Crippen molar-refractivity contribution in [3.8, 4) is 0 Å². The van der Waals surface area contributed by atoms with Crippen LogP contribution in [-0.2, 0) is 19.8 Å². The maximum Gasteiger partial charge on any atom is 0.314 e. The van der Waals surface area contributed by atoms with Gasteiger partial charge in [0.15, 0.2) is 0 Å². The molecule has 1 fully saturated rings. The van der Waals surface area contributed by atoms with Crippen molar-refractivity contribution in [1.82, 2.24) is 10.2 Å². The number of piperidine rings is 1. The van der Waals surface area contributed by atoms with Gasteiger partial charge in [-0.3, -0.25) is 14.4 Å². The number of carbonyl (C=O) groups excluding carboxylic acids is 2. The van der Waals surface area contributed by atoms with Crippen molar-refractivity contribution in [1.29, 1.82) is 0 Å². The lowest BCUT2D eigenvalue weighted by molar-refractivity contribution is -0.148. The lowest BCUT2D eigenvalue weighted by atomic mass is 9.73. The fourth-order valence-corrected chi connectivity index (χ4v) is 3.43. The van der Waals surface area contributed by atoms with Crippen LogP contribution < -0.4 is 5.32 Å². The molecular weight excluding hydrogens is 332 g/mol. The van der Waals surface area contributed by atoms with Crippen molar-refractivity contribution in [3.63, 3.8) is 0 Å². The molecule has 0 saturated carbocycles. The Morgan fingerprint density at radius 3 is 2.35 bits per heavy atom. The molecule has 0 spiro atoms. The van der Waals surface area contributed by atoms with E-state index in [-0.39, 0.29) is 11.8 Å². The molecule has 1 aromatic carbocycles. The number of nitrogens with zero attached hydrogens (tertiary/aromatic N) is 1. The lowest BCUT2D eigenvalue weighted by Crippen LogP contribution is -2.49. The molecule has 26 heavy (non-hydrogen) atoms. The quantitative estimate of drug-likeness (QED) is 0.745. The molecule has 1 aliphatic heterocycles. The van der Waals surface area contributed by atoms with Crippen molar-refractivity contribution in [2.45, 2.75) is 50.9 Å². The summed E-state index contributed by atoms with van der Waals surface area (Å²) >= 11 is 0. The highest BCUT2D eigenvalue weighted by atomic mass is 16.4. The van der Waals surface area contributed by atoms with E-state index in [0.717, 1.165) is 12.0 Å². The van der Waals surface area contributed by atoms with Gasteiger partial charge in [-0.1, -0.05) is 37.3 Å². The zero-order valence-electron chi connectivity index (χ0n) is 15.4. The van der Waals surface area contributed by atoms with Crippen LogP contribution in [0.25, 0.3) is 0 Å². The molecule has 0 bridgehead atoms. The Morgan fingerprint density at radius 1 is 1.12 bits per heavy atom. The number of hydrogen-bond donors (Lipinski definition) is 2. The molecule has 6 heteroatoms. The van der Waals surface area contributed by atoms with Gasteiger partial charge in [-0.15, -0.1) is 0 Å². The van der Waals surface area contributed by atoms with Crippen LogP contribution in [0.3, 0.4) is 0 Å². The smallest absolute Gasteiger partial charge is 0.314 e. The van der Waals surface area contributed by atoms with Crippen molar-refractivity contribution in [3.05, 3.63) is 35.9 Å². The van der Waals surface area contributed by atoms with Gasteiger partial charge in [0.25, 0.3) is 0 Å². The van der Waals surface area contributed by atoms with Gasteiger partial charge in [-0.25, -0.2) is 0 Å². The van der Waals surface area contributed by atoms with Crippen LogP contribution in [-0.4, -0.2) is 47.4 Å². The fraction of sp³-hybridized carbons (Fsp3) is 0.550. The number of likely N-dealkylation sites (tertiary alicyclic amines) is 1. The summed E-state index contributed by atoms with van der Waals surface area (Å²) in [4.78, 5) is 37.6. The molecular formula is C20H28N2O4. The van der Waals surface area contributed by atoms with Gasteiger partial charge in [0.05, 0.1) is 5.41 Å². The summed E-state index contributed by atoms with van der Waals surface area (Å²) in [6.45, 7) is 3.52. The molecule has 2 N–H and O–H groups in total. The van der Waals surface area contributed by atoms with Crippen molar-refractivity contribution in [2.75, 3.05) is 19.6 Å². The van der Waals surface area contributed by atoms with Crippen molar-refractivity contribution >= 4 is 17.8 Å². The number of benzene rings is 1. The molecule has 6 nitrogen and oxygen atoms in total. The number of amides is 2. The standard InChI is InChI=1S/C20H28N2O4/c1-2-13-21-17(23)9-6-10-18(24)22-14-11-20(12-15-22,19(25)26)16-7-4-3-5-8-16/h3-5,7-8H,2,6,9-15H2,1H3,(H,21,23)(H,25,26). The van der Waals surface area contributed by atoms with Crippen LogP contribution in [0.15, 0.2) is 30.3 Å². The van der Waals surface area contributed by atoms with Crippen molar-refractivity contribution in [2.24, 2.45) is 0 Å². The van der Waals surface area contributed by atoms with Gasteiger partial charge < -0.3 is 15.3 Å². The number of nitrogens with one attached hydrogen (secondary N) is 1. The van der Waals surface area contributed by atoms with Gasteiger partial charge in [0.1, 0.15) is 0 Å². The summed E-state index contributed by atoms with van der Waals surface area (Å²) in [7, 11) is 0. The third-order valence-corrected chi connectivity index (χ3v) is 5.07. The molecule has 0 atom stereocenters. The number of carboxylic acid groups (broad SMARTS) is 1. The highest BCUT2D eigenvalue weighted by molar-refractivity contribution is 5.83. The summed E-state index contributed by atoms with van der Waals surface area (Å²) in [6, 6.07) is 9.26. The number of carboxylic acids is 1. The molecule has 142 valence electrons. The minimum atomic E-state index is -0.919. The summed E-state index contributed by atoms with van der Waals surface area (Å²) in [6.07, 6.45) is 2.91. The molecule has 1 aliphatic rings. The Hall–Kier alpha value is -2.37. The van der Waals surface area contributed by atoms with E-state index in [2.05, 4.69) is 5.32 Å². The van der Waals surface area contributed by atoms with Gasteiger partial charge in [0.2, 0.25) is 11.8 Å². The SMILES string of the molecule is CCCNC(=O)CCCC(=O)N1CCC(C(=O)O)(c2ccccc2)CC1. The number of rotatable bonds is 8. The first-order valence-corrected chi connectivity index (χ1v) is 9.33. The van der Waals surface area contributed by atoms with Crippen LogP contribution in [0.4, 0.5) is 0 Å². The Kier molecular flexibility index (Phi) is 7.18. The number of hydrogen-bond acceptors (Lipinski definition) is 3. The summed E-state index contributed by atoms with van der Waals surface area (Å²) < 4.78 is 0. The van der Waals surface area contributed by atoms with Crippen LogP contribution in [0.2, 0.25) is 0 Å². The zero-order chi connectivity index (χ0) is 19.0. The predicted octanol–water partition coefficient (Wildman–Crippen LogP) is 2.33. The second-order valence-electron chi connectivity index (χ2n) is 6.84.